The zero-order valence-electron chi connectivity index (χ0n) is 13.3. The Morgan fingerprint density at radius 1 is 1.08 bits per heavy atom. The number of imidazole rings is 1. The average molecular weight is 353 g/mol. The standard InChI is InChI=1S/C18H13ClN4O2/c1-9-4-13-14(6-11(9)19)21-18(20-13)15-7-12(22-23-15)10-2-3-16-17(5-10)25-8-24-16/h2-7H,8H2,1H3,(H,20,21)(H,22,23). The third-order valence-corrected chi connectivity index (χ3v) is 4.67. The molecule has 0 spiro atoms. The molecule has 0 fully saturated rings. The van der Waals surface area contributed by atoms with Crippen LogP contribution in [0.2, 0.25) is 5.02 Å². The maximum atomic E-state index is 6.18. The second kappa shape index (κ2) is 5.26. The first-order valence-electron chi connectivity index (χ1n) is 7.79. The summed E-state index contributed by atoms with van der Waals surface area (Å²) >= 11 is 6.18. The summed E-state index contributed by atoms with van der Waals surface area (Å²) < 4.78 is 10.8. The second-order valence-electron chi connectivity index (χ2n) is 5.94. The Morgan fingerprint density at radius 3 is 2.88 bits per heavy atom. The van der Waals surface area contributed by atoms with E-state index in [0.29, 0.717) is 5.02 Å². The van der Waals surface area contributed by atoms with Crippen molar-refractivity contribution >= 4 is 22.6 Å². The number of ether oxygens (including phenoxy) is 2. The van der Waals surface area contributed by atoms with Crippen molar-refractivity contribution in [2.75, 3.05) is 6.79 Å². The maximum Gasteiger partial charge on any atom is 0.231 e. The first-order valence-corrected chi connectivity index (χ1v) is 8.17. The number of hydrogen-bond acceptors (Lipinski definition) is 4. The molecular formula is C18H13ClN4O2. The van der Waals surface area contributed by atoms with Crippen LogP contribution in [0.3, 0.4) is 0 Å². The van der Waals surface area contributed by atoms with Gasteiger partial charge in [0.2, 0.25) is 6.79 Å². The van der Waals surface area contributed by atoms with Crippen LogP contribution in [0.4, 0.5) is 0 Å². The zero-order chi connectivity index (χ0) is 17.0. The highest BCUT2D eigenvalue weighted by atomic mass is 35.5. The number of aromatic nitrogens is 4. The van der Waals surface area contributed by atoms with E-state index in [0.717, 1.165) is 50.9 Å². The zero-order valence-corrected chi connectivity index (χ0v) is 14.0. The molecule has 2 aromatic carbocycles. The highest BCUT2D eigenvalue weighted by Crippen LogP contribution is 2.36. The Labute approximate surface area is 147 Å². The van der Waals surface area contributed by atoms with Gasteiger partial charge in [0.25, 0.3) is 0 Å². The monoisotopic (exact) mass is 352 g/mol. The van der Waals surface area contributed by atoms with E-state index >= 15 is 0 Å². The van der Waals surface area contributed by atoms with Crippen LogP contribution >= 0.6 is 11.6 Å². The number of fused-ring (bicyclic) bond motifs is 2. The van der Waals surface area contributed by atoms with Gasteiger partial charge in [-0.05, 0) is 48.9 Å². The van der Waals surface area contributed by atoms with Crippen molar-refractivity contribution in [2.24, 2.45) is 0 Å². The molecule has 0 unspecified atom stereocenters. The lowest BCUT2D eigenvalue weighted by Crippen LogP contribution is -1.92. The van der Waals surface area contributed by atoms with Crippen LogP contribution in [-0.2, 0) is 0 Å². The quantitative estimate of drug-likeness (QED) is 0.563. The largest absolute Gasteiger partial charge is 0.454 e. The first kappa shape index (κ1) is 14.4. The molecule has 4 aromatic rings. The van der Waals surface area contributed by atoms with Gasteiger partial charge in [-0.15, -0.1) is 0 Å². The van der Waals surface area contributed by atoms with Crippen LogP contribution in [0, 0.1) is 6.92 Å². The van der Waals surface area contributed by atoms with Crippen molar-refractivity contribution in [1.29, 1.82) is 0 Å². The van der Waals surface area contributed by atoms with Crippen molar-refractivity contribution in [3.8, 4) is 34.3 Å². The van der Waals surface area contributed by atoms with Gasteiger partial charge in [-0.25, -0.2) is 4.98 Å². The molecule has 0 atom stereocenters. The third kappa shape index (κ3) is 2.34. The number of aromatic amines is 2. The van der Waals surface area contributed by atoms with Crippen LogP contribution in [-0.4, -0.2) is 27.0 Å². The Kier molecular flexibility index (Phi) is 3.02. The summed E-state index contributed by atoms with van der Waals surface area (Å²) in [6, 6.07) is 11.6. The van der Waals surface area contributed by atoms with Gasteiger partial charge in [0, 0.05) is 10.6 Å². The van der Waals surface area contributed by atoms with Crippen molar-refractivity contribution in [3.63, 3.8) is 0 Å². The molecule has 0 amide bonds. The Balaban J connectivity index is 1.54. The molecule has 124 valence electrons. The number of halogens is 1. The summed E-state index contributed by atoms with van der Waals surface area (Å²) in [5, 5.41) is 8.12. The number of nitrogens with zero attached hydrogens (tertiary/aromatic N) is 2. The third-order valence-electron chi connectivity index (χ3n) is 4.26. The first-order chi connectivity index (χ1) is 12.2. The minimum Gasteiger partial charge on any atom is -0.454 e. The van der Waals surface area contributed by atoms with Crippen LogP contribution in [0.15, 0.2) is 36.4 Å². The normalized spacial score (nSPS) is 12.9. The highest BCUT2D eigenvalue weighted by Gasteiger charge is 2.16. The molecule has 0 bridgehead atoms. The Morgan fingerprint density at radius 2 is 1.96 bits per heavy atom. The van der Waals surface area contributed by atoms with Gasteiger partial charge in [-0.3, -0.25) is 5.10 Å². The fraction of sp³-hybridized carbons (Fsp3) is 0.111. The molecule has 0 radical (unpaired) electrons. The minimum atomic E-state index is 0.256. The van der Waals surface area contributed by atoms with Gasteiger partial charge < -0.3 is 14.5 Å². The maximum absolute atomic E-state index is 6.18. The van der Waals surface area contributed by atoms with Crippen LogP contribution in [0.1, 0.15) is 5.56 Å². The fourth-order valence-electron chi connectivity index (χ4n) is 2.91. The van der Waals surface area contributed by atoms with E-state index in [1.807, 2.05) is 43.3 Å². The number of nitrogens with one attached hydrogen (secondary N) is 2. The van der Waals surface area contributed by atoms with Gasteiger partial charge in [0.15, 0.2) is 17.3 Å². The molecule has 2 N–H and O–H groups in total. The lowest BCUT2D eigenvalue weighted by atomic mass is 10.1. The van der Waals surface area contributed by atoms with Gasteiger partial charge in [0.1, 0.15) is 5.69 Å². The molecule has 0 saturated carbocycles. The molecule has 25 heavy (non-hydrogen) atoms. The topological polar surface area (TPSA) is 75.8 Å². The van der Waals surface area contributed by atoms with Crippen molar-refractivity contribution in [1.82, 2.24) is 20.2 Å². The predicted octanol–water partition coefficient (Wildman–Crippen LogP) is 4.31. The molecule has 0 saturated heterocycles. The van der Waals surface area contributed by atoms with Crippen molar-refractivity contribution in [2.45, 2.75) is 6.92 Å². The molecule has 1 aliphatic rings. The van der Waals surface area contributed by atoms with E-state index in [9.17, 15) is 0 Å². The molecule has 7 heteroatoms. The van der Waals surface area contributed by atoms with Crippen molar-refractivity contribution in [3.05, 3.63) is 47.0 Å². The SMILES string of the molecule is Cc1cc2[nH]c(-c3cc(-c4ccc5c(c4)OCO5)n[nH]3)nc2cc1Cl. The highest BCUT2D eigenvalue weighted by molar-refractivity contribution is 6.32. The van der Waals surface area contributed by atoms with Crippen LogP contribution in [0.5, 0.6) is 11.5 Å². The van der Waals surface area contributed by atoms with Crippen LogP contribution in [0.25, 0.3) is 33.8 Å². The lowest BCUT2D eigenvalue weighted by molar-refractivity contribution is 0.174. The van der Waals surface area contributed by atoms with E-state index < -0.39 is 0 Å². The van der Waals surface area contributed by atoms with E-state index in [1.54, 1.807) is 0 Å². The number of hydrogen-bond donors (Lipinski definition) is 2. The summed E-state index contributed by atoms with van der Waals surface area (Å²) in [5.74, 6) is 2.20. The fourth-order valence-corrected chi connectivity index (χ4v) is 3.07. The predicted molar refractivity (Wildman–Crippen MR) is 95.0 cm³/mol. The molecule has 1 aliphatic heterocycles. The molecule has 3 heterocycles. The Bertz CT molecular complexity index is 1080. The number of benzene rings is 2. The lowest BCUT2D eigenvalue weighted by Gasteiger charge is -1.98. The van der Waals surface area contributed by atoms with Crippen molar-refractivity contribution < 1.29 is 9.47 Å². The smallest absolute Gasteiger partial charge is 0.231 e. The summed E-state index contributed by atoms with van der Waals surface area (Å²) in [4.78, 5) is 7.89. The molecule has 2 aromatic heterocycles. The second-order valence-corrected chi connectivity index (χ2v) is 6.35. The number of H-pyrrole nitrogens is 2. The Hall–Kier alpha value is -2.99. The molecule has 5 rings (SSSR count). The minimum absolute atomic E-state index is 0.256. The summed E-state index contributed by atoms with van der Waals surface area (Å²) in [5.41, 5.74) is 5.33. The van der Waals surface area contributed by atoms with E-state index in [4.69, 9.17) is 21.1 Å². The van der Waals surface area contributed by atoms with E-state index in [1.165, 1.54) is 0 Å². The molecular weight excluding hydrogens is 340 g/mol. The summed E-state index contributed by atoms with van der Waals surface area (Å²) in [6.45, 7) is 2.22. The van der Waals surface area contributed by atoms with Gasteiger partial charge >= 0.3 is 0 Å². The average Bonchev–Trinajstić information content (AvgIpc) is 3.33. The number of aryl methyl sites for hydroxylation is 1. The van der Waals surface area contributed by atoms with Gasteiger partial charge in [-0.1, -0.05) is 11.6 Å². The van der Waals surface area contributed by atoms with Gasteiger partial charge in [-0.2, -0.15) is 5.10 Å². The summed E-state index contributed by atoms with van der Waals surface area (Å²) in [7, 11) is 0. The molecule has 6 nitrogen and oxygen atoms in total. The van der Waals surface area contributed by atoms with Gasteiger partial charge in [0.05, 0.1) is 16.7 Å². The molecule has 0 aliphatic carbocycles. The van der Waals surface area contributed by atoms with E-state index in [2.05, 4.69) is 20.2 Å². The van der Waals surface area contributed by atoms with Crippen LogP contribution < -0.4 is 9.47 Å². The number of rotatable bonds is 2. The summed E-state index contributed by atoms with van der Waals surface area (Å²) in [6.07, 6.45) is 0. The van der Waals surface area contributed by atoms with E-state index in [-0.39, 0.29) is 6.79 Å².